The summed E-state index contributed by atoms with van der Waals surface area (Å²) in [4.78, 5) is 24.3. The lowest BCUT2D eigenvalue weighted by molar-refractivity contribution is 0.362. The molecule has 0 aliphatic carbocycles. The molecular formula is C21H20N8O. The molecule has 9 heteroatoms. The minimum absolute atomic E-state index is 0.0255. The molecule has 1 N–H and O–H groups in total. The van der Waals surface area contributed by atoms with Crippen molar-refractivity contribution < 1.29 is 4.52 Å². The Morgan fingerprint density at radius 3 is 2.70 bits per heavy atom. The van der Waals surface area contributed by atoms with Gasteiger partial charge in [-0.1, -0.05) is 11.2 Å². The molecule has 0 spiro atoms. The van der Waals surface area contributed by atoms with E-state index in [0.717, 1.165) is 42.2 Å². The Morgan fingerprint density at radius 2 is 1.87 bits per heavy atom. The number of hydrogen-bond donors (Lipinski definition) is 1. The molecule has 0 saturated carbocycles. The minimum Gasteiger partial charge on any atom is -0.358 e. The van der Waals surface area contributed by atoms with E-state index in [4.69, 9.17) is 9.51 Å². The summed E-state index contributed by atoms with van der Waals surface area (Å²) in [7, 11) is 0. The van der Waals surface area contributed by atoms with Crippen molar-refractivity contribution >= 4 is 17.7 Å². The van der Waals surface area contributed by atoms with Crippen molar-refractivity contribution in [1.82, 2.24) is 30.1 Å². The topological polar surface area (TPSA) is 106 Å². The summed E-state index contributed by atoms with van der Waals surface area (Å²) >= 11 is 0. The van der Waals surface area contributed by atoms with E-state index in [2.05, 4.69) is 35.3 Å². The van der Waals surface area contributed by atoms with Crippen molar-refractivity contribution in [3.05, 3.63) is 66.4 Å². The third-order valence-corrected chi connectivity index (χ3v) is 4.94. The zero-order valence-electron chi connectivity index (χ0n) is 16.4. The Hall–Kier alpha value is -3.88. The van der Waals surface area contributed by atoms with Crippen molar-refractivity contribution in [2.45, 2.75) is 25.8 Å². The lowest BCUT2D eigenvalue weighted by Gasteiger charge is -2.23. The largest absolute Gasteiger partial charge is 0.358 e. The van der Waals surface area contributed by atoms with E-state index in [0.29, 0.717) is 17.7 Å². The van der Waals surface area contributed by atoms with Crippen LogP contribution in [0.5, 0.6) is 0 Å². The number of nitrogens with zero attached hydrogens (tertiary/aromatic N) is 7. The van der Waals surface area contributed by atoms with Gasteiger partial charge in [0.25, 0.3) is 0 Å². The standard InChI is InChI=1S/C21H20N8O/c1-14-12-19(26-20-23-9-5-10-24-20)27-21(25-14)29-11-4-7-17(29)18-13-16(28-30-18)15-6-2-3-8-22-15/h2-3,5-6,8-10,12-13,17H,4,7,11H2,1H3,(H,23,24,25,26,27)/t17-/m0/s1. The Labute approximate surface area is 173 Å². The molecule has 0 aromatic carbocycles. The molecule has 4 aromatic rings. The number of pyridine rings is 1. The van der Waals surface area contributed by atoms with Crippen LogP contribution in [0.4, 0.5) is 17.7 Å². The van der Waals surface area contributed by atoms with Crippen LogP contribution in [0.2, 0.25) is 0 Å². The summed E-state index contributed by atoms with van der Waals surface area (Å²) in [5.74, 6) is 2.58. The molecular weight excluding hydrogens is 380 g/mol. The molecule has 1 aliphatic rings. The van der Waals surface area contributed by atoms with Gasteiger partial charge in [-0.15, -0.1) is 0 Å². The van der Waals surface area contributed by atoms with Crippen LogP contribution >= 0.6 is 0 Å². The Morgan fingerprint density at radius 1 is 1.00 bits per heavy atom. The van der Waals surface area contributed by atoms with Crippen molar-refractivity contribution in [2.75, 3.05) is 16.8 Å². The zero-order chi connectivity index (χ0) is 20.3. The van der Waals surface area contributed by atoms with Crippen LogP contribution in [0.3, 0.4) is 0 Å². The van der Waals surface area contributed by atoms with Gasteiger partial charge in [-0.25, -0.2) is 15.0 Å². The fraction of sp³-hybridized carbons (Fsp3) is 0.238. The van der Waals surface area contributed by atoms with Gasteiger partial charge >= 0.3 is 0 Å². The molecule has 150 valence electrons. The monoisotopic (exact) mass is 400 g/mol. The Balaban J connectivity index is 1.42. The first kappa shape index (κ1) is 18.2. The fourth-order valence-corrected chi connectivity index (χ4v) is 3.61. The van der Waals surface area contributed by atoms with Gasteiger partial charge in [0.05, 0.1) is 11.7 Å². The van der Waals surface area contributed by atoms with E-state index in [9.17, 15) is 0 Å². The first-order valence-corrected chi connectivity index (χ1v) is 9.81. The third-order valence-electron chi connectivity index (χ3n) is 4.94. The van der Waals surface area contributed by atoms with Gasteiger partial charge in [0.2, 0.25) is 11.9 Å². The van der Waals surface area contributed by atoms with Crippen LogP contribution in [0, 0.1) is 6.92 Å². The van der Waals surface area contributed by atoms with Gasteiger partial charge in [-0.05, 0) is 38.0 Å². The average molecular weight is 400 g/mol. The van der Waals surface area contributed by atoms with Gasteiger partial charge in [0, 0.05) is 43.0 Å². The van der Waals surface area contributed by atoms with Crippen LogP contribution in [0.15, 0.2) is 59.5 Å². The number of hydrogen-bond acceptors (Lipinski definition) is 9. The van der Waals surface area contributed by atoms with Crippen LogP contribution in [-0.4, -0.2) is 36.6 Å². The van der Waals surface area contributed by atoms with E-state index in [1.807, 2.05) is 37.3 Å². The maximum absolute atomic E-state index is 5.69. The van der Waals surface area contributed by atoms with Gasteiger partial charge in [0.15, 0.2) is 5.76 Å². The molecule has 5 rings (SSSR count). The second-order valence-corrected chi connectivity index (χ2v) is 7.07. The summed E-state index contributed by atoms with van der Waals surface area (Å²) in [5.41, 5.74) is 2.38. The zero-order valence-corrected chi connectivity index (χ0v) is 16.4. The van der Waals surface area contributed by atoms with Gasteiger partial charge in [-0.3, -0.25) is 4.98 Å². The maximum atomic E-state index is 5.69. The van der Waals surface area contributed by atoms with Crippen LogP contribution in [-0.2, 0) is 0 Å². The number of anilines is 3. The first-order valence-electron chi connectivity index (χ1n) is 9.81. The summed E-state index contributed by atoms with van der Waals surface area (Å²) in [5, 5.41) is 7.36. The van der Waals surface area contributed by atoms with Gasteiger partial charge in [-0.2, -0.15) is 4.98 Å². The average Bonchev–Trinajstić information content (AvgIpc) is 3.44. The molecule has 1 aliphatic heterocycles. The molecule has 0 radical (unpaired) electrons. The molecule has 1 atom stereocenters. The molecule has 0 bridgehead atoms. The molecule has 1 saturated heterocycles. The van der Waals surface area contributed by atoms with E-state index >= 15 is 0 Å². The van der Waals surface area contributed by atoms with Gasteiger partial charge < -0.3 is 14.7 Å². The van der Waals surface area contributed by atoms with E-state index in [1.54, 1.807) is 24.7 Å². The lowest BCUT2D eigenvalue weighted by atomic mass is 10.1. The van der Waals surface area contributed by atoms with E-state index in [1.165, 1.54) is 0 Å². The third kappa shape index (κ3) is 3.69. The predicted octanol–water partition coefficient (Wildman–Crippen LogP) is 3.71. The number of rotatable bonds is 5. The Kier molecular flexibility index (Phi) is 4.76. The van der Waals surface area contributed by atoms with Crippen molar-refractivity contribution in [3.63, 3.8) is 0 Å². The summed E-state index contributed by atoms with van der Waals surface area (Å²) in [6.45, 7) is 2.79. The van der Waals surface area contributed by atoms with Crippen molar-refractivity contribution in [1.29, 1.82) is 0 Å². The molecule has 0 amide bonds. The maximum Gasteiger partial charge on any atom is 0.228 e. The number of aryl methyl sites for hydroxylation is 1. The highest BCUT2D eigenvalue weighted by Crippen LogP contribution is 2.36. The SMILES string of the molecule is Cc1cc(Nc2ncccn2)nc(N2CCC[C@H]2c2cc(-c3ccccn3)no2)n1. The normalized spacial score (nSPS) is 16.0. The molecule has 5 heterocycles. The highest BCUT2D eigenvalue weighted by atomic mass is 16.5. The number of nitrogens with one attached hydrogen (secondary N) is 1. The van der Waals surface area contributed by atoms with E-state index in [-0.39, 0.29) is 6.04 Å². The highest BCUT2D eigenvalue weighted by molar-refractivity contribution is 5.55. The Bertz CT molecular complexity index is 1130. The number of aromatic nitrogens is 6. The molecule has 1 fully saturated rings. The second kappa shape index (κ2) is 7.86. The van der Waals surface area contributed by atoms with Crippen LogP contribution in [0.25, 0.3) is 11.4 Å². The molecule has 30 heavy (non-hydrogen) atoms. The lowest BCUT2D eigenvalue weighted by Crippen LogP contribution is -2.25. The smallest absolute Gasteiger partial charge is 0.228 e. The van der Waals surface area contributed by atoms with Crippen LogP contribution in [0.1, 0.15) is 30.3 Å². The minimum atomic E-state index is 0.0255. The molecule has 0 unspecified atom stereocenters. The van der Waals surface area contributed by atoms with Crippen molar-refractivity contribution in [2.24, 2.45) is 0 Å². The molecule has 4 aromatic heterocycles. The first-order chi connectivity index (χ1) is 14.8. The van der Waals surface area contributed by atoms with Crippen molar-refractivity contribution in [3.8, 4) is 11.4 Å². The summed E-state index contributed by atoms with van der Waals surface area (Å²) in [6, 6.07) is 11.4. The highest BCUT2D eigenvalue weighted by Gasteiger charge is 2.32. The van der Waals surface area contributed by atoms with Gasteiger partial charge in [0.1, 0.15) is 11.5 Å². The summed E-state index contributed by atoms with van der Waals surface area (Å²) in [6.07, 6.45) is 7.08. The van der Waals surface area contributed by atoms with Crippen LogP contribution < -0.4 is 10.2 Å². The fourth-order valence-electron chi connectivity index (χ4n) is 3.61. The second-order valence-electron chi connectivity index (χ2n) is 7.07. The summed E-state index contributed by atoms with van der Waals surface area (Å²) < 4.78 is 5.69. The molecule has 9 nitrogen and oxygen atoms in total. The quantitative estimate of drug-likeness (QED) is 0.536. The van der Waals surface area contributed by atoms with E-state index < -0.39 is 0 Å². The predicted molar refractivity (Wildman–Crippen MR) is 111 cm³/mol.